The van der Waals surface area contributed by atoms with Crippen LogP contribution in [0.2, 0.25) is 0 Å². The minimum Gasteiger partial charge on any atom is -0.350 e. The number of pyridine rings is 1. The van der Waals surface area contributed by atoms with E-state index in [1.165, 1.54) is 17.8 Å². The zero-order valence-electron chi connectivity index (χ0n) is 20.9. The third-order valence-electron chi connectivity index (χ3n) is 7.74. The molecule has 3 fully saturated rings. The predicted octanol–water partition coefficient (Wildman–Crippen LogP) is 2.88. The van der Waals surface area contributed by atoms with Crippen molar-refractivity contribution in [2.24, 2.45) is 5.92 Å². The zero-order valence-corrected chi connectivity index (χ0v) is 21.7. The standard InChI is InChI=1S/C28H30N6O3S/c1-2-22(35)31-17-8-9-18(14-17)32-26(36)25-24-23-21(11-13-30-27(23)38-25)34(28(37)33-24)19-10-12-29-20(15-19)16-6-4-3-5-7-16/h2-7,10,12,15,17-18,21,23,27,30H,1,8-9,11,13-14H2,(H,31,35)(H,32,36)(H,33,37)/t17-,18-,21?,23?,27?/m0/s1. The first-order valence-electron chi connectivity index (χ1n) is 13.0. The molecule has 1 aromatic heterocycles. The summed E-state index contributed by atoms with van der Waals surface area (Å²) in [6, 6.07) is 13.4. The summed E-state index contributed by atoms with van der Waals surface area (Å²) in [4.78, 5) is 45.5. The van der Waals surface area contributed by atoms with Gasteiger partial charge in [-0.25, -0.2) is 4.79 Å². The summed E-state index contributed by atoms with van der Waals surface area (Å²) in [6.45, 7) is 4.26. The molecule has 4 N–H and O–H groups in total. The predicted molar refractivity (Wildman–Crippen MR) is 147 cm³/mol. The second kappa shape index (κ2) is 10.3. The number of urea groups is 1. The van der Waals surface area contributed by atoms with E-state index in [1.54, 1.807) is 6.20 Å². The van der Waals surface area contributed by atoms with Crippen LogP contribution in [0.25, 0.3) is 11.3 Å². The van der Waals surface area contributed by atoms with Crippen LogP contribution in [0.1, 0.15) is 25.7 Å². The summed E-state index contributed by atoms with van der Waals surface area (Å²) < 4.78 is 0. The first kappa shape index (κ1) is 24.7. The van der Waals surface area contributed by atoms with Gasteiger partial charge >= 0.3 is 6.03 Å². The van der Waals surface area contributed by atoms with Crippen molar-refractivity contribution in [3.63, 3.8) is 0 Å². The molecule has 5 atom stereocenters. The van der Waals surface area contributed by atoms with Crippen LogP contribution in [0.4, 0.5) is 10.5 Å². The maximum Gasteiger partial charge on any atom is 0.326 e. The number of hydrogen-bond acceptors (Lipinski definition) is 6. The van der Waals surface area contributed by atoms with Gasteiger partial charge in [0.25, 0.3) is 5.91 Å². The van der Waals surface area contributed by atoms with Crippen molar-refractivity contribution in [1.29, 1.82) is 0 Å². The number of carbonyl (C=O) groups is 3. The van der Waals surface area contributed by atoms with Gasteiger partial charge in [-0.2, -0.15) is 0 Å². The number of benzene rings is 1. The van der Waals surface area contributed by atoms with Crippen molar-refractivity contribution in [2.75, 3.05) is 11.4 Å². The summed E-state index contributed by atoms with van der Waals surface area (Å²) in [6.07, 6.45) is 6.07. The highest BCUT2D eigenvalue weighted by Crippen LogP contribution is 2.48. The maximum absolute atomic E-state index is 13.5. The molecule has 0 radical (unpaired) electrons. The quantitative estimate of drug-likeness (QED) is 0.427. The molecule has 4 heterocycles. The Morgan fingerprint density at radius 3 is 2.68 bits per heavy atom. The lowest BCUT2D eigenvalue weighted by Gasteiger charge is -2.45. The molecule has 1 saturated carbocycles. The molecule has 9 nitrogen and oxygen atoms in total. The molecule has 4 amide bonds. The Hall–Kier alpha value is -3.63. The molecule has 1 aliphatic carbocycles. The fourth-order valence-corrected chi connectivity index (χ4v) is 7.41. The van der Waals surface area contributed by atoms with Crippen molar-refractivity contribution in [2.45, 2.75) is 49.2 Å². The van der Waals surface area contributed by atoms with Gasteiger partial charge in [0.15, 0.2) is 0 Å². The second-order valence-corrected chi connectivity index (χ2v) is 11.2. The Labute approximate surface area is 225 Å². The van der Waals surface area contributed by atoms with Gasteiger partial charge in [-0.05, 0) is 50.4 Å². The number of thioether (sulfide) groups is 1. The second-order valence-electron chi connectivity index (χ2n) is 10.1. The van der Waals surface area contributed by atoms with E-state index in [0.29, 0.717) is 17.0 Å². The number of anilines is 1. The topological polar surface area (TPSA) is 115 Å². The van der Waals surface area contributed by atoms with Crippen molar-refractivity contribution in [1.82, 2.24) is 26.3 Å². The molecular weight excluding hydrogens is 500 g/mol. The minimum atomic E-state index is -0.229. The summed E-state index contributed by atoms with van der Waals surface area (Å²) in [5, 5.41) is 12.7. The Morgan fingerprint density at radius 2 is 1.89 bits per heavy atom. The number of piperidine rings is 1. The molecule has 0 bridgehead atoms. The van der Waals surface area contributed by atoms with Crippen molar-refractivity contribution in [3.05, 3.63) is 71.9 Å². The van der Waals surface area contributed by atoms with Crippen LogP contribution in [0.15, 0.2) is 71.9 Å². The number of aromatic nitrogens is 1. The monoisotopic (exact) mass is 530 g/mol. The summed E-state index contributed by atoms with van der Waals surface area (Å²) in [7, 11) is 0. The average Bonchev–Trinajstić information content (AvgIpc) is 3.54. The van der Waals surface area contributed by atoms with Gasteiger partial charge in [-0.15, -0.1) is 0 Å². The van der Waals surface area contributed by atoms with E-state index < -0.39 is 0 Å². The zero-order chi connectivity index (χ0) is 26.2. The van der Waals surface area contributed by atoms with Crippen LogP contribution in [0.5, 0.6) is 0 Å². The van der Waals surface area contributed by atoms with Crippen molar-refractivity contribution >= 4 is 35.3 Å². The highest BCUT2D eigenvalue weighted by atomic mass is 32.2. The van der Waals surface area contributed by atoms with E-state index in [-0.39, 0.29) is 47.3 Å². The molecule has 2 aromatic rings. The normalized spacial score (nSPS) is 27.9. The highest BCUT2D eigenvalue weighted by molar-refractivity contribution is 8.04. The fraction of sp³-hybridized carbons (Fsp3) is 0.357. The summed E-state index contributed by atoms with van der Waals surface area (Å²) >= 11 is 1.50. The number of nitrogens with zero attached hydrogens (tertiary/aromatic N) is 2. The largest absolute Gasteiger partial charge is 0.350 e. The van der Waals surface area contributed by atoms with Crippen LogP contribution in [-0.2, 0) is 9.59 Å². The van der Waals surface area contributed by atoms with Gasteiger partial charge in [0, 0.05) is 41.1 Å². The number of hydrogen-bond donors (Lipinski definition) is 4. The smallest absolute Gasteiger partial charge is 0.326 e. The lowest BCUT2D eigenvalue weighted by atomic mass is 9.86. The molecule has 38 heavy (non-hydrogen) atoms. The third kappa shape index (κ3) is 4.58. The molecule has 196 valence electrons. The Bertz CT molecular complexity index is 1310. The van der Waals surface area contributed by atoms with Gasteiger partial charge in [0.1, 0.15) is 0 Å². The van der Waals surface area contributed by atoms with Crippen LogP contribution in [0, 0.1) is 5.92 Å². The Kier molecular flexibility index (Phi) is 6.67. The van der Waals surface area contributed by atoms with Gasteiger partial charge in [0.05, 0.1) is 22.0 Å². The van der Waals surface area contributed by atoms with Gasteiger partial charge in [0.2, 0.25) is 5.91 Å². The summed E-state index contributed by atoms with van der Waals surface area (Å²) in [5.74, 6) is -0.382. The Balaban J connectivity index is 1.22. The van der Waals surface area contributed by atoms with Gasteiger partial charge in [-0.3, -0.25) is 19.5 Å². The lowest BCUT2D eigenvalue weighted by Crippen LogP contribution is -2.62. The molecule has 2 saturated heterocycles. The number of nitrogens with one attached hydrogen (secondary N) is 4. The van der Waals surface area contributed by atoms with Crippen molar-refractivity contribution in [3.8, 4) is 11.3 Å². The molecule has 0 spiro atoms. The van der Waals surface area contributed by atoms with Gasteiger partial charge < -0.3 is 21.3 Å². The van der Waals surface area contributed by atoms with E-state index >= 15 is 0 Å². The van der Waals surface area contributed by atoms with E-state index in [1.807, 2.05) is 47.4 Å². The van der Waals surface area contributed by atoms with Crippen LogP contribution < -0.4 is 26.2 Å². The van der Waals surface area contributed by atoms with Crippen LogP contribution in [-0.4, -0.2) is 52.9 Å². The third-order valence-corrected chi connectivity index (χ3v) is 9.09. The maximum atomic E-state index is 13.5. The number of carbonyl (C=O) groups excluding carboxylic acids is 3. The lowest BCUT2D eigenvalue weighted by molar-refractivity contribution is -0.117. The SMILES string of the molecule is C=CC(=O)N[C@H]1CC[C@H](NC(=O)C2=C3NC(=O)N(c4ccnc(-c5ccccc5)c4)C4CCNC(S2)C34)C1. The molecule has 6 rings (SSSR count). The van der Waals surface area contributed by atoms with Gasteiger partial charge in [-0.1, -0.05) is 48.7 Å². The first-order chi connectivity index (χ1) is 18.5. The van der Waals surface area contributed by atoms with Crippen LogP contribution >= 0.6 is 11.8 Å². The van der Waals surface area contributed by atoms with Crippen LogP contribution in [0.3, 0.4) is 0 Å². The molecule has 3 unspecified atom stereocenters. The summed E-state index contributed by atoms with van der Waals surface area (Å²) in [5.41, 5.74) is 3.30. The minimum absolute atomic E-state index is 0.00578. The highest BCUT2D eigenvalue weighted by Gasteiger charge is 2.52. The number of amides is 4. The number of rotatable bonds is 6. The fourth-order valence-electron chi connectivity index (χ4n) is 6.01. The van der Waals surface area contributed by atoms with E-state index in [9.17, 15) is 14.4 Å². The van der Waals surface area contributed by atoms with E-state index in [4.69, 9.17) is 0 Å². The molecule has 10 heteroatoms. The van der Waals surface area contributed by atoms with Crippen molar-refractivity contribution < 1.29 is 14.4 Å². The van der Waals surface area contributed by atoms with E-state index in [2.05, 4.69) is 32.8 Å². The molecule has 4 aliphatic rings. The molecule has 3 aliphatic heterocycles. The Morgan fingerprint density at radius 1 is 1.11 bits per heavy atom. The molecular formula is C28H30N6O3S. The first-order valence-corrected chi connectivity index (χ1v) is 13.9. The average molecular weight is 531 g/mol. The molecule has 1 aromatic carbocycles. The van der Waals surface area contributed by atoms with E-state index in [0.717, 1.165) is 42.8 Å².